The molecule has 1 saturated heterocycles. The van der Waals surface area contributed by atoms with Crippen molar-refractivity contribution < 1.29 is 4.79 Å². The second-order valence-electron chi connectivity index (χ2n) is 4.71. The van der Waals surface area contributed by atoms with Crippen LogP contribution in [0.5, 0.6) is 0 Å². The van der Waals surface area contributed by atoms with E-state index in [0.717, 1.165) is 19.6 Å². The summed E-state index contributed by atoms with van der Waals surface area (Å²) in [6.07, 6.45) is 0. The van der Waals surface area contributed by atoms with E-state index in [0.29, 0.717) is 0 Å². The van der Waals surface area contributed by atoms with Crippen molar-refractivity contribution in [3.63, 3.8) is 0 Å². The number of hydrogen-bond acceptors (Lipinski definition) is 3. The van der Waals surface area contributed by atoms with Gasteiger partial charge in [-0.05, 0) is 20.8 Å². The molecule has 4 heteroatoms. The molecule has 0 aromatic heterocycles. The van der Waals surface area contributed by atoms with Crippen LogP contribution < -0.4 is 5.73 Å². The zero-order valence-electron chi connectivity index (χ0n) is 9.58. The van der Waals surface area contributed by atoms with Gasteiger partial charge in [0.2, 0.25) is 5.91 Å². The van der Waals surface area contributed by atoms with Crippen molar-refractivity contribution in [1.29, 1.82) is 0 Å². The molecule has 0 spiro atoms. The van der Waals surface area contributed by atoms with Gasteiger partial charge in [-0.25, -0.2) is 0 Å². The van der Waals surface area contributed by atoms with Gasteiger partial charge in [0.05, 0.1) is 5.54 Å². The first-order valence-corrected chi connectivity index (χ1v) is 5.12. The summed E-state index contributed by atoms with van der Waals surface area (Å²) in [4.78, 5) is 15.8. The van der Waals surface area contributed by atoms with E-state index < -0.39 is 5.54 Å². The average Bonchev–Trinajstić information content (AvgIpc) is 2.07. The molecule has 4 nitrogen and oxygen atoms in total. The van der Waals surface area contributed by atoms with Crippen LogP contribution in [0.4, 0.5) is 0 Å². The summed E-state index contributed by atoms with van der Waals surface area (Å²) >= 11 is 0. The molecule has 1 fully saturated rings. The molecule has 1 aliphatic heterocycles. The van der Waals surface area contributed by atoms with Gasteiger partial charge < -0.3 is 10.6 Å². The maximum Gasteiger partial charge on any atom is 0.242 e. The zero-order chi connectivity index (χ0) is 10.9. The molecule has 0 aliphatic carbocycles. The van der Waals surface area contributed by atoms with Crippen LogP contribution >= 0.6 is 0 Å². The second-order valence-corrected chi connectivity index (χ2v) is 4.71. The van der Waals surface area contributed by atoms with Crippen molar-refractivity contribution in [1.82, 2.24) is 9.80 Å². The van der Waals surface area contributed by atoms with Crippen LogP contribution in [-0.4, -0.2) is 54.0 Å². The van der Waals surface area contributed by atoms with Gasteiger partial charge in [-0.3, -0.25) is 9.69 Å². The molecule has 0 bridgehead atoms. The van der Waals surface area contributed by atoms with Crippen molar-refractivity contribution in [2.75, 3.05) is 26.7 Å². The maximum atomic E-state index is 11.9. The molecule has 1 unspecified atom stereocenters. The number of hydrogen-bond donors (Lipinski definition) is 1. The summed E-state index contributed by atoms with van der Waals surface area (Å²) in [6, 6.07) is 0.116. The summed E-state index contributed by atoms with van der Waals surface area (Å²) in [5, 5.41) is 0. The zero-order valence-corrected chi connectivity index (χ0v) is 9.58. The predicted molar refractivity (Wildman–Crippen MR) is 56.9 cm³/mol. The number of rotatable bonds is 2. The Hall–Kier alpha value is -0.610. The highest BCUT2D eigenvalue weighted by molar-refractivity contribution is 5.86. The van der Waals surface area contributed by atoms with Crippen molar-refractivity contribution in [3.05, 3.63) is 0 Å². The van der Waals surface area contributed by atoms with Crippen LogP contribution in [0, 0.1) is 0 Å². The fraction of sp³-hybridized carbons (Fsp3) is 0.900. The third-order valence-electron chi connectivity index (χ3n) is 2.87. The summed E-state index contributed by atoms with van der Waals surface area (Å²) in [6.45, 7) is 8.40. The van der Waals surface area contributed by atoms with Crippen LogP contribution in [0.3, 0.4) is 0 Å². The van der Waals surface area contributed by atoms with Gasteiger partial charge in [0, 0.05) is 32.7 Å². The summed E-state index contributed by atoms with van der Waals surface area (Å²) in [5.74, 6) is 0.185. The lowest BCUT2D eigenvalue weighted by Gasteiger charge is -2.45. The molecule has 1 amide bonds. The minimum absolute atomic E-state index is 0.116. The van der Waals surface area contributed by atoms with E-state index in [-0.39, 0.29) is 11.9 Å². The van der Waals surface area contributed by atoms with Gasteiger partial charge in [0.1, 0.15) is 0 Å². The topological polar surface area (TPSA) is 49.6 Å². The van der Waals surface area contributed by atoms with Crippen molar-refractivity contribution in [3.8, 4) is 0 Å². The lowest BCUT2D eigenvalue weighted by Crippen LogP contribution is -2.63. The van der Waals surface area contributed by atoms with Gasteiger partial charge in [0.25, 0.3) is 0 Å². The highest BCUT2D eigenvalue weighted by Crippen LogP contribution is 2.21. The monoisotopic (exact) mass is 199 g/mol. The van der Waals surface area contributed by atoms with E-state index in [1.54, 1.807) is 4.90 Å². The maximum absolute atomic E-state index is 11.9. The molecule has 1 aliphatic rings. The average molecular weight is 199 g/mol. The van der Waals surface area contributed by atoms with Crippen molar-refractivity contribution in [2.45, 2.75) is 32.4 Å². The Morgan fingerprint density at radius 2 is 2.07 bits per heavy atom. The molecule has 0 aromatic carbocycles. The quantitative estimate of drug-likeness (QED) is 0.675. The van der Waals surface area contributed by atoms with Gasteiger partial charge in [0.15, 0.2) is 0 Å². The first kappa shape index (κ1) is 11.5. The Kier molecular flexibility index (Phi) is 3.17. The van der Waals surface area contributed by atoms with Crippen molar-refractivity contribution in [2.24, 2.45) is 5.73 Å². The summed E-state index contributed by atoms with van der Waals surface area (Å²) in [5.41, 5.74) is 5.36. The smallest absolute Gasteiger partial charge is 0.242 e. The van der Waals surface area contributed by atoms with E-state index in [1.807, 2.05) is 27.8 Å². The van der Waals surface area contributed by atoms with E-state index >= 15 is 0 Å². The Balaban J connectivity index is 2.74. The van der Waals surface area contributed by atoms with Gasteiger partial charge in [-0.1, -0.05) is 0 Å². The minimum Gasteiger partial charge on any atom is -0.343 e. The number of amides is 1. The number of nitrogens with two attached hydrogens (primary N) is 1. The number of carbonyl (C=O) groups excluding carboxylic acids is 1. The largest absolute Gasteiger partial charge is 0.343 e. The number of likely N-dealkylation sites (N-methyl/N-ethyl adjacent to an activating group) is 1. The molecule has 1 rings (SSSR count). The number of carbonyl (C=O) groups is 1. The molecule has 1 atom stereocenters. The second kappa shape index (κ2) is 3.87. The van der Waals surface area contributed by atoms with Crippen LogP contribution in [0.1, 0.15) is 20.8 Å². The van der Waals surface area contributed by atoms with Crippen LogP contribution in [0.15, 0.2) is 0 Å². The molecule has 0 radical (unpaired) electrons. The lowest BCUT2D eigenvalue weighted by atomic mass is 9.97. The molecular weight excluding hydrogens is 178 g/mol. The highest BCUT2D eigenvalue weighted by atomic mass is 16.2. The molecule has 14 heavy (non-hydrogen) atoms. The summed E-state index contributed by atoms with van der Waals surface area (Å²) < 4.78 is 0. The number of piperazine rings is 1. The van der Waals surface area contributed by atoms with Crippen molar-refractivity contribution >= 4 is 5.91 Å². The van der Waals surface area contributed by atoms with Gasteiger partial charge >= 0.3 is 0 Å². The highest BCUT2D eigenvalue weighted by Gasteiger charge is 2.40. The standard InChI is InChI=1S/C10H21N3O/c1-8(11)7-13-6-5-12(4)9(14)10(13,2)3/h8H,5-7,11H2,1-4H3. The molecule has 2 N–H and O–H groups in total. The Labute approximate surface area is 86.0 Å². The van der Waals surface area contributed by atoms with E-state index in [2.05, 4.69) is 4.90 Å². The first-order chi connectivity index (χ1) is 6.35. The third-order valence-corrected chi connectivity index (χ3v) is 2.87. The van der Waals surface area contributed by atoms with Crippen LogP contribution in [0.25, 0.3) is 0 Å². The first-order valence-electron chi connectivity index (χ1n) is 5.12. The summed E-state index contributed by atoms with van der Waals surface area (Å²) in [7, 11) is 1.85. The third kappa shape index (κ3) is 2.07. The molecule has 0 aromatic rings. The van der Waals surface area contributed by atoms with Crippen LogP contribution in [-0.2, 0) is 4.79 Å². The van der Waals surface area contributed by atoms with Gasteiger partial charge in [-0.2, -0.15) is 0 Å². The molecular formula is C10H21N3O. The minimum atomic E-state index is -0.402. The Morgan fingerprint density at radius 1 is 1.50 bits per heavy atom. The molecule has 1 heterocycles. The fourth-order valence-electron chi connectivity index (χ4n) is 1.92. The Morgan fingerprint density at radius 3 is 2.57 bits per heavy atom. The SMILES string of the molecule is CC(N)CN1CCN(C)C(=O)C1(C)C. The van der Waals surface area contributed by atoms with Crippen LogP contribution in [0.2, 0.25) is 0 Å². The molecule has 0 saturated carbocycles. The fourth-order valence-corrected chi connectivity index (χ4v) is 1.92. The lowest BCUT2D eigenvalue weighted by molar-refractivity contribution is -0.147. The number of nitrogens with zero attached hydrogens (tertiary/aromatic N) is 2. The van der Waals surface area contributed by atoms with E-state index in [1.165, 1.54) is 0 Å². The normalized spacial score (nSPS) is 25.2. The Bertz CT molecular complexity index is 225. The van der Waals surface area contributed by atoms with E-state index in [4.69, 9.17) is 5.73 Å². The van der Waals surface area contributed by atoms with E-state index in [9.17, 15) is 4.79 Å². The van der Waals surface area contributed by atoms with Gasteiger partial charge in [-0.15, -0.1) is 0 Å². The predicted octanol–water partition coefficient (Wildman–Crippen LogP) is -0.114. The molecule has 82 valence electrons.